The summed E-state index contributed by atoms with van der Waals surface area (Å²) in [4.78, 5) is 23.6. The fourth-order valence-electron chi connectivity index (χ4n) is 4.93. The number of hydrogen-bond acceptors (Lipinski definition) is 4. The maximum absolute atomic E-state index is 13.4. The Bertz CT molecular complexity index is 797. The van der Waals surface area contributed by atoms with Gasteiger partial charge >= 0.3 is 0 Å². The van der Waals surface area contributed by atoms with Gasteiger partial charge in [0, 0.05) is 42.0 Å². The molecule has 1 aromatic heterocycles. The van der Waals surface area contributed by atoms with Crippen LogP contribution in [0, 0.1) is 5.92 Å². The van der Waals surface area contributed by atoms with Crippen LogP contribution in [0.25, 0.3) is 0 Å². The molecule has 0 N–H and O–H groups in total. The van der Waals surface area contributed by atoms with Crippen LogP contribution in [-0.2, 0) is 6.54 Å². The standard InChI is InChI=1S/C25H33N3OS/c1-30-24-10-8-22(9-11-24)25(29)28(19-21-5-4-14-26-17-21)18-20-12-15-27(16-13-20)23-6-2-3-7-23/h4-5,8-11,14,17,20,23H,2-3,6-7,12-13,15-16,18-19H2,1H3. The second-order valence-electron chi connectivity index (χ2n) is 8.69. The number of amides is 1. The minimum absolute atomic E-state index is 0.129. The predicted molar refractivity (Wildman–Crippen MR) is 124 cm³/mol. The Morgan fingerprint density at radius 1 is 1.10 bits per heavy atom. The summed E-state index contributed by atoms with van der Waals surface area (Å²) in [5.41, 5.74) is 1.87. The topological polar surface area (TPSA) is 36.4 Å². The zero-order chi connectivity index (χ0) is 20.8. The second kappa shape index (κ2) is 10.5. The molecule has 2 aliphatic rings. The third-order valence-electron chi connectivity index (χ3n) is 6.69. The average molecular weight is 424 g/mol. The molecule has 4 nitrogen and oxygen atoms in total. The van der Waals surface area contributed by atoms with Crippen LogP contribution in [0.15, 0.2) is 53.7 Å². The van der Waals surface area contributed by atoms with Crippen molar-refractivity contribution in [3.8, 4) is 0 Å². The molecular formula is C25H33N3OS. The Labute approximate surface area is 185 Å². The Morgan fingerprint density at radius 2 is 1.83 bits per heavy atom. The van der Waals surface area contributed by atoms with Crippen LogP contribution in [0.1, 0.15) is 54.4 Å². The summed E-state index contributed by atoms with van der Waals surface area (Å²) in [5.74, 6) is 0.707. The number of carbonyl (C=O) groups is 1. The van der Waals surface area contributed by atoms with E-state index < -0.39 is 0 Å². The van der Waals surface area contributed by atoms with E-state index in [9.17, 15) is 4.79 Å². The van der Waals surface area contributed by atoms with Gasteiger partial charge in [0.25, 0.3) is 5.91 Å². The van der Waals surface area contributed by atoms with E-state index in [1.165, 1.54) is 56.5 Å². The van der Waals surface area contributed by atoms with E-state index in [1.54, 1.807) is 18.0 Å². The van der Waals surface area contributed by atoms with Crippen molar-refractivity contribution >= 4 is 17.7 Å². The van der Waals surface area contributed by atoms with Gasteiger partial charge in [-0.15, -0.1) is 11.8 Å². The number of pyridine rings is 1. The highest BCUT2D eigenvalue weighted by atomic mass is 32.2. The molecule has 2 heterocycles. The first-order valence-corrected chi connectivity index (χ1v) is 12.5. The molecule has 1 saturated carbocycles. The maximum Gasteiger partial charge on any atom is 0.254 e. The third-order valence-corrected chi connectivity index (χ3v) is 7.43. The predicted octanol–water partition coefficient (Wildman–Crippen LogP) is 5.10. The SMILES string of the molecule is CSc1ccc(C(=O)N(Cc2cccnc2)CC2CCN(C3CCCC3)CC2)cc1. The van der Waals surface area contributed by atoms with E-state index in [1.807, 2.05) is 41.4 Å². The Balaban J connectivity index is 1.42. The molecule has 1 aliphatic heterocycles. The van der Waals surface area contributed by atoms with Crippen LogP contribution in [-0.4, -0.2) is 52.6 Å². The Kier molecular flexibility index (Phi) is 7.45. The minimum Gasteiger partial charge on any atom is -0.334 e. The first-order valence-electron chi connectivity index (χ1n) is 11.3. The zero-order valence-corrected chi connectivity index (χ0v) is 18.8. The number of rotatable bonds is 7. The molecule has 30 heavy (non-hydrogen) atoms. The lowest BCUT2D eigenvalue weighted by Crippen LogP contribution is -2.43. The molecule has 0 unspecified atom stereocenters. The van der Waals surface area contributed by atoms with Crippen molar-refractivity contribution in [2.75, 3.05) is 25.9 Å². The van der Waals surface area contributed by atoms with Gasteiger partial charge in [-0.2, -0.15) is 0 Å². The van der Waals surface area contributed by atoms with Gasteiger partial charge in [0.1, 0.15) is 0 Å². The highest BCUT2D eigenvalue weighted by molar-refractivity contribution is 7.98. The van der Waals surface area contributed by atoms with Crippen LogP contribution in [0.3, 0.4) is 0 Å². The molecule has 2 aromatic rings. The van der Waals surface area contributed by atoms with E-state index in [0.717, 1.165) is 23.7 Å². The van der Waals surface area contributed by atoms with E-state index >= 15 is 0 Å². The lowest BCUT2D eigenvalue weighted by Gasteiger charge is -2.38. The van der Waals surface area contributed by atoms with E-state index in [-0.39, 0.29) is 5.91 Å². The molecule has 160 valence electrons. The monoisotopic (exact) mass is 423 g/mol. The van der Waals surface area contributed by atoms with Gasteiger partial charge in [-0.05, 0) is 86.8 Å². The zero-order valence-electron chi connectivity index (χ0n) is 18.0. The molecule has 1 aliphatic carbocycles. The van der Waals surface area contributed by atoms with Gasteiger partial charge in [-0.3, -0.25) is 9.78 Å². The first kappa shape index (κ1) is 21.4. The summed E-state index contributed by atoms with van der Waals surface area (Å²) >= 11 is 1.70. The Hall–Kier alpha value is -1.85. The number of hydrogen-bond donors (Lipinski definition) is 0. The van der Waals surface area contributed by atoms with Gasteiger partial charge in [0.05, 0.1) is 0 Å². The number of thioether (sulfide) groups is 1. The molecule has 2 fully saturated rings. The molecule has 4 rings (SSSR count). The van der Waals surface area contributed by atoms with E-state index in [4.69, 9.17) is 0 Å². The van der Waals surface area contributed by atoms with Crippen molar-refractivity contribution in [2.24, 2.45) is 5.92 Å². The molecule has 1 saturated heterocycles. The number of piperidine rings is 1. The molecular weight excluding hydrogens is 390 g/mol. The number of nitrogens with zero attached hydrogens (tertiary/aromatic N) is 3. The van der Waals surface area contributed by atoms with Gasteiger partial charge < -0.3 is 9.80 Å². The quantitative estimate of drug-likeness (QED) is 0.581. The summed E-state index contributed by atoms with van der Waals surface area (Å²) in [5, 5.41) is 0. The van der Waals surface area contributed by atoms with E-state index in [0.29, 0.717) is 12.5 Å². The summed E-state index contributed by atoms with van der Waals surface area (Å²) < 4.78 is 0. The van der Waals surface area contributed by atoms with Crippen molar-refractivity contribution in [3.63, 3.8) is 0 Å². The maximum atomic E-state index is 13.4. The highest BCUT2D eigenvalue weighted by Gasteiger charge is 2.29. The van der Waals surface area contributed by atoms with Gasteiger partial charge in [-0.25, -0.2) is 0 Å². The van der Waals surface area contributed by atoms with E-state index in [2.05, 4.69) is 22.2 Å². The largest absolute Gasteiger partial charge is 0.334 e. The summed E-state index contributed by atoms with van der Waals surface area (Å²) in [6, 6.07) is 12.8. The van der Waals surface area contributed by atoms with Crippen LogP contribution in [0.2, 0.25) is 0 Å². The molecule has 0 bridgehead atoms. The van der Waals surface area contributed by atoms with Crippen molar-refractivity contribution < 1.29 is 4.79 Å². The molecule has 0 atom stereocenters. The molecule has 5 heteroatoms. The van der Waals surface area contributed by atoms with Gasteiger partial charge in [0.15, 0.2) is 0 Å². The lowest BCUT2D eigenvalue weighted by molar-refractivity contribution is 0.0650. The van der Waals surface area contributed by atoms with Gasteiger partial charge in [0.2, 0.25) is 0 Å². The summed E-state index contributed by atoms with van der Waals surface area (Å²) in [7, 11) is 0. The first-order chi connectivity index (χ1) is 14.7. The normalized spacial score (nSPS) is 18.6. The molecule has 1 amide bonds. The van der Waals surface area contributed by atoms with Crippen LogP contribution < -0.4 is 0 Å². The van der Waals surface area contributed by atoms with Crippen molar-refractivity contribution in [2.45, 2.75) is 56.0 Å². The van der Waals surface area contributed by atoms with Crippen molar-refractivity contribution in [1.82, 2.24) is 14.8 Å². The molecule has 0 radical (unpaired) electrons. The third kappa shape index (κ3) is 5.44. The van der Waals surface area contributed by atoms with Crippen LogP contribution in [0.5, 0.6) is 0 Å². The smallest absolute Gasteiger partial charge is 0.254 e. The number of aromatic nitrogens is 1. The molecule has 1 aromatic carbocycles. The number of benzene rings is 1. The van der Waals surface area contributed by atoms with Crippen molar-refractivity contribution in [1.29, 1.82) is 0 Å². The Morgan fingerprint density at radius 3 is 2.47 bits per heavy atom. The minimum atomic E-state index is 0.129. The average Bonchev–Trinajstić information content (AvgIpc) is 3.34. The lowest BCUT2D eigenvalue weighted by atomic mass is 9.94. The summed E-state index contributed by atoms with van der Waals surface area (Å²) in [6.45, 7) is 3.83. The fraction of sp³-hybridized carbons (Fsp3) is 0.520. The number of likely N-dealkylation sites (tertiary alicyclic amines) is 1. The fourth-order valence-corrected chi connectivity index (χ4v) is 5.34. The van der Waals surface area contributed by atoms with Crippen LogP contribution >= 0.6 is 11.8 Å². The van der Waals surface area contributed by atoms with Gasteiger partial charge in [-0.1, -0.05) is 18.9 Å². The second-order valence-corrected chi connectivity index (χ2v) is 9.57. The number of carbonyl (C=O) groups excluding carboxylic acids is 1. The van der Waals surface area contributed by atoms with Crippen molar-refractivity contribution in [3.05, 3.63) is 59.9 Å². The van der Waals surface area contributed by atoms with Crippen LogP contribution in [0.4, 0.5) is 0 Å². The summed E-state index contributed by atoms with van der Waals surface area (Å²) in [6.07, 6.45) is 13.7. The molecule has 0 spiro atoms. The highest BCUT2D eigenvalue weighted by Crippen LogP contribution is 2.28.